The number of carbonyl (C=O) groups excluding carboxylic acids is 2. The second kappa shape index (κ2) is 3.89. The van der Waals surface area contributed by atoms with Gasteiger partial charge in [-0.15, -0.1) is 0 Å². The van der Waals surface area contributed by atoms with E-state index in [4.69, 9.17) is 5.73 Å². The summed E-state index contributed by atoms with van der Waals surface area (Å²) in [6.45, 7) is 0. The maximum Gasteiger partial charge on any atom is 0.334 e. The fourth-order valence-corrected chi connectivity index (χ4v) is 1.65. The van der Waals surface area contributed by atoms with Crippen molar-refractivity contribution < 1.29 is 9.59 Å². The molecule has 0 spiro atoms. The molecule has 0 radical (unpaired) electrons. The SMILES string of the molecule is CN(N=C1C(=O)N(C)c2ccccc21)C(N)=O. The van der Waals surface area contributed by atoms with Crippen LogP contribution in [0.5, 0.6) is 0 Å². The largest absolute Gasteiger partial charge is 0.350 e. The van der Waals surface area contributed by atoms with Gasteiger partial charge in [0.2, 0.25) is 0 Å². The number of rotatable bonds is 1. The Labute approximate surface area is 98.3 Å². The first kappa shape index (κ1) is 11.1. The van der Waals surface area contributed by atoms with Crippen molar-refractivity contribution in [1.82, 2.24) is 5.01 Å². The smallest absolute Gasteiger partial charge is 0.334 e. The van der Waals surface area contributed by atoms with Gasteiger partial charge in [0.1, 0.15) is 0 Å². The molecule has 6 heteroatoms. The first-order valence-electron chi connectivity index (χ1n) is 5.01. The molecule has 0 saturated carbocycles. The van der Waals surface area contributed by atoms with Gasteiger partial charge in [0.25, 0.3) is 5.91 Å². The van der Waals surface area contributed by atoms with Crippen molar-refractivity contribution in [2.45, 2.75) is 0 Å². The van der Waals surface area contributed by atoms with Crippen molar-refractivity contribution in [3.63, 3.8) is 0 Å². The molecule has 0 fully saturated rings. The Hall–Kier alpha value is -2.37. The highest BCUT2D eigenvalue weighted by Crippen LogP contribution is 2.27. The molecule has 0 aromatic heterocycles. The monoisotopic (exact) mass is 232 g/mol. The summed E-state index contributed by atoms with van der Waals surface area (Å²) in [6.07, 6.45) is 0. The molecular formula is C11H12N4O2. The van der Waals surface area contributed by atoms with Crippen molar-refractivity contribution in [1.29, 1.82) is 0 Å². The van der Waals surface area contributed by atoms with Gasteiger partial charge in [-0.1, -0.05) is 18.2 Å². The molecule has 2 N–H and O–H groups in total. The Bertz CT molecular complexity index is 524. The van der Waals surface area contributed by atoms with Crippen LogP contribution in [0.15, 0.2) is 29.4 Å². The lowest BCUT2D eigenvalue weighted by molar-refractivity contribution is -0.112. The van der Waals surface area contributed by atoms with E-state index in [1.165, 1.54) is 11.9 Å². The Kier molecular flexibility index (Phi) is 2.55. The van der Waals surface area contributed by atoms with Crippen LogP contribution in [0.4, 0.5) is 10.5 Å². The van der Waals surface area contributed by atoms with Crippen LogP contribution in [0.3, 0.4) is 0 Å². The summed E-state index contributed by atoms with van der Waals surface area (Å²) in [7, 11) is 3.07. The molecule has 1 aromatic rings. The summed E-state index contributed by atoms with van der Waals surface area (Å²) >= 11 is 0. The molecule has 0 atom stereocenters. The van der Waals surface area contributed by atoms with Crippen LogP contribution in [0.1, 0.15) is 5.56 Å². The molecule has 2 rings (SSSR count). The number of para-hydroxylation sites is 1. The lowest BCUT2D eigenvalue weighted by Gasteiger charge is -2.08. The second-order valence-electron chi connectivity index (χ2n) is 3.69. The fourth-order valence-electron chi connectivity index (χ4n) is 1.65. The zero-order chi connectivity index (χ0) is 12.6. The van der Waals surface area contributed by atoms with E-state index in [2.05, 4.69) is 5.10 Å². The molecule has 88 valence electrons. The Morgan fingerprint density at radius 2 is 2.06 bits per heavy atom. The Balaban J connectivity index is 2.50. The third-order valence-electron chi connectivity index (χ3n) is 2.60. The first-order chi connectivity index (χ1) is 8.02. The van der Waals surface area contributed by atoms with E-state index in [1.54, 1.807) is 13.1 Å². The number of urea groups is 1. The van der Waals surface area contributed by atoms with Gasteiger partial charge < -0.3 is 10.6 Å². The molecule has 0 unspecified atom stereocenters. The summed E-state index contributed by atoms with van der Waals surface area (Å²) in [5, 5.41) is 4.88. The number of fused-ring (bicyclic) bond motifs is 1. The maximum absolute atomic E-state index is 11.9. The number of hydrogen-bond acceptors (Lipinski definition) is 3. The maximum atomic E-state index is 11.9. The first-order valence-corrected chi connectivity index (χ1v) is 5.01. The van der Waals surface area contributed by atoms with Gasteiger partial charge in [0, 0.05) is 19.7 Å². The van der Waals surface area contributed by atoms with Crippen LogP contribution in [0.2, 0.25) is 0 Å². The van der Waals surface area contributed by atoms with Crippen LogP contribution in [-0.4, -0.2) is 36.8 Å². The topological polar surface area (TPSA) is 79.0 Å². The lowest BCUT2D eigenvalue weighted by Crippen LogP contribution is -2.32. The standard InChI is InChI=1S/C11H12N4O2/c1-14-8-6-4-3-5-7(8)9(10(14)16)13-15(2)11(12)17/h3-6H,1-2H3,(H2,12,17). The van der Waals surface area contributed by atoms with Crippen LogP contribution >= 0.6 is 0 Å². The summed E-state index contributed by atoms with van der Waals surface area (Å²) in [5.74, 6) is -0.251. The van der Waals surface area contributed by atoms with Gasteiger partial charge in [0.05, 0.1) is 5.69 Å². The predicted octanol–water partition coefficient (Wildman–Crippen LogP) is 0.378. The molecule has 1 aliphatic rings. The molecule has 3 amide bonds. The highest BCUT2D eigenvalue weighted by atomic mass is 16.2. The van der Waals surface area contributed by atoms with E-state index in [0.29, 0.717) is 5.56 Å². The van der Waals surface area contributed by atoms with Gasteiger partial charge in [-0.05, 0) is 6.07 Å². The van der Waals surface area contributed by atoms with Crippen molar-refractivity contribution in [2.75, 3.05) is 19.0 Å². The number of nitrogens with two attached hydrogens (primary N) is 1. The fraction of sp³-hybridized carbons (Fsp3) is 0.182. The molecular weight excluding hydrogens is 220 g/mol. The number of carbonyl (C=O) groups is 2. The zero-order valence-corrected chi connectivity index (χ0v) is 9.54. The summed E-state index contributed by atoms with van der Waals surface area (Å²) in [5.41, 5.74) is 6.77. The highest BCUT2D eigenvalue weighted by molar-refractivity contribution is 6.54. The normalized spacial score (nSPS) is 16.2. The van der Waals surface area contributed by atoms with E-state index in [9.17, 15) is 9.59 Å². The summed E-state index contributed by atoms with van der Waals surface area (Å²) < 4.78 is 0. The quantitative estimate of drug-likeness (QED) is 0.710. The van der Waals surface area contributed by atoms with Gasteiger partial charge in [-0.25, -0.2) is 9.80 Å². The number of benzene rings is 1. The van der Waals surface area contributed by atoms with E-state index in [-0.39, 0.29) is 11.6 Å². The van der Waals surface area contributed by atoms with Crippen LogP contribution in [0.25, 0.3) is 0 Å². The minimum absolute atomic E-state index is 0.226. The minimum atomic E-state index is -0.711. The minimum Gasteiger partial charge on any atom is -0.350 e. The Morgan fingerprint density at radius 3 is 2.71 bits per heavy atom. The average Bonchev–Trinajstić information content (AvgIpc) is 2.55. The number of anilines is 1. The van der Waals surface area contributed by atoms with Crippen LogP contribution in [-0.2, 0) is 4.79 Å². The molecule has 6 nitrogen and oxygen atoms in total. The molecule has 0 bridgehead atoms. The Morgan fingerprint density at radius 1 is 1.41 bits per heavy atom. The summed E-state index contributed by atoms with van der Waals surface area (Å²) in [6, 6.07) is 6.54. The van der Waals surface area contributed by atoms with Crippen LogP contribution < -0.4 is 10.6 Å². The van der Waals surface area contributed by atoms with Crippen molar-refractivity contribution in [2.24, 2.45) is 10.8 Å². The number of hydrogen-bond donors (Lipinski definition) is 1. The molecule has 17 heavy (non-hydrogen) atoms. The second-order valence-corrected chi connectivity index (χ2v) is 3.69. The number of primary amides is 1. The van der Waals surface area contributed by atoms with E-state index in [0.717, 1.165) is 10.7 Å². The summed E-state index contributed by atoms with van der Waals surface area (Å²) in [4.78, 5) is 24.3. The van der Waals surface area contributed by atoms with E-state index >= 15 is 0 Å². The average molecular weight is 232 g/mol. The number of hydrazone groups is 1. The van der Waals surface area contributed by atoms with Crippen molar-refractivity contribution in [3.05, 3.63) is 29.8 Å². The van der Waals surface area contributed by atoms with Gasteiger partial charge in [-0.2, -0.15) is 5.10 Å². The van der Waals surface area contributed by atoms with E-state index < -0.39 is 6.03 Å². The van der Waals surface area contributed by atoms with Crippen molar-refractivity contribution in [3.8, 4) is 0 Å². The molecule has 0 aliphatic carbocycles. The molecule has 1 aromatic carbocycles. The predicted molar refractivity (Wildman–Crippen MR) is 63.7 cm³/mol. The highest BCUT2D eigenvalue weighted by Gasteiger charge is 2.31. The van der Waals surface area contributed by atoms with Gasteiger partial charge >= 0.3 is 6.03 Å². The van der Waals surface area contributed by atoms with Crippen LogP contribution in [0, 0.1) is 0 Å². The van der Waals surface area contributed by atoms with Crippen molar-refractivity contribution >= 4 is 23.3 Å². The zero-order valence-electron chi connectivity index (χ0n) is 9.54. The number of nitrogens with zero attached hydrogens (tertiary/aromatic N) is 3. The van der Waals surface area contributed by atoms with E-state index in [1.807, 2.05) is 18.2 Å². The third-order valence-corrected chi connectivity index (χ3v) is 2.60. The number of amides is 3. The third kappa shape index (κ3) is 1.73. The molecule has 1 aliphatic heterocycles. The van der Waals surface area contributed by atoms with Gasteiger partial charge in [-0.3, -0.25) is 4.79 Å². The number of likely N-dealkylation sites (N-methyl/N-ethyl adjacent to an activating group) is 1. The lowest BCUT2D eigenvalue weighted by atomic mass is 10.1. The molecule has 1 heterocycles. The molecule has 0 saturated heterocycles. The van der Waals surface area contributed by atoms with Gasteiger partial charge in [0.15, 0.2) is 5.71 Å².